The molecule has 0 spiro atoms. The van der Waals surface area contributed by atoms with Crippen molar-refractivity contribution >= 4 is 29.1 Å². The van der Waals surface area contributed by atoms with E-state index in [0.29, 0.717) is 18.8 Å². The van der Waals surface area contributed by atoms with Crippen LogP contribution in [-0.2, 0) is 4.79 Å². The summed E-state index contributed by atoms with van der Waals surface area (Å²) in [6.07, 6.45) is -0.606. The topological polar surface area (TPSA) is 42.4 Å². The predicted octanol–water partition coefficient (Wildman–Crippen LogP) is 3.02. The van der Waals surface area contributed by atoms with Crippen molar-refractivity contribution in [1.29, 1.82) is 0 Å². The van der Waals surface area contributed by atoms with Gasteiger partial charge in [-0.15, -0.1) is 0 Å². The number of hydrogen-bond acceptors (Lipinski definition) is 3. The summed E-state index contributed by atoms with van der Waals surface area (Å²) in [5.74, 6) is 0.278. The minimum atomic E-state index is -0.606. The minimum Gasteiger partial charge on any atom is -0.478 e. The molecule has 1 aromatic rings. The normalized spacial score (nSPS) is 12.1. The first-order chi connectivity index (χ1) is 8.49. The molecular weight excluding hydrogens is 275 g/mol. The molecule has 100 valence electrons. The van der Waals surface area contributed by atoms with Gasteiger partial charge in [-0.1, -0.05) is 23.2 Å². The molecule has 0 aliphatic carbocycles. The number of carbonyl (C=O) groups excluding carboxylic acids is 1. The smallest absolute Gasteiger partial charge is 0.263 e. The van der Waals surface area contributed by atoms with E-state index in [2.05, 4.69) is 4.98 Å². The van der Waals surface area contributed by atoms with Crippen molar-refractivity contribution in [2.24, 2.45) is 0 Å². The van der Waals surface area contributed by atoms with Crippen LogP contribution < -0.4 is 4.74 Å². The van der Waals surface area contributed by atoms with Gasteiger partial charge in [0.2, 0.25) is 0 Å². The van der Waals surface area contributed by atoms with Crippen LogP contribution in [0.25, 0.3) is 0 Å². The van der Waals surface area contributed by atoms with Crippen LogP contribution in [0, 0.1) is 0 Å². The van der Waals surface area contributed by atoms with Crippen molar-refractivity contribution in [3.63, 3.8) is 0 Å². The highest BCUT2D eigenvalue weighted by molar-refractivity contribution is 6.33. The molecule has 1 aromatic heterocycles. The number of ether oxygens (including phenoxy) is 1. The fraction of sp³-hybridized carbons (Fsp3) is 0.500. The summed E-state index contributed by atoms with van der Waals surface area (Å²) in [6, 6.07) is 3.17. The number of hydrogen-bond donors (Lipinski definition) is 0. The number of carbonyl (C=O) groups is 1. The van der Waals surface area contributed by atoms with Gasteiger partial charge in [0.25, 0.3) is 5.91 Å². The van der Waals surface area contributed by atoms with E-state index in [1.807, 2.05) is 13.8 Å². The molecule has 0 fully saturated rings. The lowest BCUT2D eigenvalue weighted by atomic mass is 10.3. The highest BCUT2D eigenvalue weighted by atomic mass is 35.5. The van der Waals surface area contributed by atoms with E-state index in [-0.39, 0.29) is 16.2 Å². The van der Waals surface area contributed by atoms with Gasteiger partial charge in [0.15, 0.2) is 17.0 Å². The Bertz CT molecular complexity index is 423. The minimum absolute atomic E-state index is 0.0778. The molecule has 1 heterocycles. The Kier molecular flexibility index (Phi) is 5.69. The molecule has 0 saturated carbocycles. The Balaban J connectivity index is 2.75. The van der Waals surface area contributed by atoms with Crippen molar-refractivity contribution in [2.75, 3.05) is 13.1 Å². The van der Waals surface area contributed by atoms with Gasteiger partial charge in [-0.25, -0.2) is 4.98 Å². The van der Waals surface area contributed by atoms with Crippen LogP contribution in [0.4, 0.5) is 0 Å². The molecule has 1 unspecified atom stereocenters. The summed E-state index contributed by atoms with van der Waals surface area (Å²) in [5.41, 5.74) is 0. The molecule has 18 heavy (non-hydrogen) atoms. The second kappa shape index (κ2) is 6.81. The maximum absolute atomic E-state index is 12.0. The lowest BCUT2D eigenvalue weighted by Crippen LogP contribution is -2.40. The fourth-order valence-corrected chi connectivity index (χ4v) is 1.91. The lowest BCUT2D eigenvalue weighted by Gasteiger charge is -2.23. The van der Waals surface area contributed by atoms with Crippen LogP contribution in [0.5, 0.6) is 5.75 Å². The Morgan fingerprint density at radius 1 is 1.39 bits per heavy atom. The average molecular weight is 291 g/mol. The van der Waals surface area contributed by atoms with Gasteiger partial charge in [0.05, 0.1) is 0 Å². The number of likely N-dealkylation sites (N-methyl/N-ethyl adjacent to an activating group) is 1. The second-order valence-corrected chi connectivity index (χ2v) is 4.44. The van der Waals surface area contributed by atoms with Crippen molar-refractivity contribution in [1.82, 2.24) is 9.88 Å². The Labute approximate surface area is 117 Å². The summed E-state index contributed by atoms with van der Waals surface area (Å²) < 4.78 is 5.50. The molecule has 0 aliphatic rings. The van der Waals surface area contributed by atoms with Gasteiger partial charge in [-0.05, 0) is 32.9 Å². The second-order valence-electron chi connectivity index (χ2n) is 3.69. The third-order valence-electron chi connectivity index (χ3n) is 2.51. The number of rotatable bonds is 5. The van der Waals surface area contributed by atoms with Crippen molar-refractivity contribution < 1.29 is 9.53 Å². The van der Waals surface area contributed by atoms with E-state index in [0.717, 1.165) is 0 Å². The summed E-state index contributed by atoms with van der Waals surface area (Å²) >= 11 is 11.6. The number of amides is 1. The van der Waals surface area contributed by atoms with E-state index in [1.165, 1.54) is 0 Å². The largest absolute Gasteiger partial charge is 0.478 e. The van der Waals surface area contributed by atoms with Gasteiger partial charge in [0.1, 0.15) is 5.15 Å². The van der Waals surface area contributed by atoms with Gasteiger partial charge < -0.3 is 9.64 Å². The van der Waals surface area contributed by atoms with Crippen molar-refractivity contribution in [2.45, 2.75) is 26.9 Å². The quantitative estimate of drug-likeness (QED) is 0.783. The maximum atomic E-state index is 12.0. The van der Waals surface area contributed by atoms with Crippen LogP contribution in [0.1, 0.15) is 20.8 Å². The standard InChI is InChI=1S/C12H16Cl2N2O2/c1-4-16(5-2)12(17)8(3)18-9-6-7-10(13)15-11(9)14/h6-8H,4-5H2,1-3H3. The summed E-state index contributed by atoms with van der Waals surface area (Å²) in [5, 5.41) is 0.441. The number of pyridine rings is 1. The van der Waals surface area contributed by atoms with Crippen molar-refractivity contribution in [3.8, 4) is 5.75 Å². The van der Waals surface area contributed by atoms with Crippen LogP contribution >= 0.6 is 23.2 Å². The third-order valence-corrected chi connectivity index (χ3v) is 2.99. The highest BCUT2D eigenvalue weighted by Gasteiger charge is 2.20. The summed E-state index contributed by atoms with van der Waals surface area (Å²) in [7, 11) is 0. The molecule has 0 aromatic carbocycles. The van der Waals surface area contributed by atoms with Crippen LogP contribution in [0.2, 0.25) is 10.3 Å². The summed E-state index contributed by atoms with van der Waals surface area (Å²) in [4.78, 5) is 17.5. The zero-order chi connectivity index (χ0) is 13.7. The van der Waals surface area contributed by atoms with E-state index >= 15 is 0 Å². The van der Waals surface area contributed by atoms with Crippen LogP contribution in [0.15, 0.2) is 12.1 Å². The van der Waals surface area contributed by atoms with E-state index in [9.17, 15) is 4.79 Å². The first kappa shape index (κ1) is 15.1. The molecule has 0 saturated heterocycles. The Morgan fingerprint density at radius 3 is 2.50 bits per heavy atom. The van der Waals surface area contributed by atoms with Crippen LogP contribution in [-0.4, -0.2) is 35.0 Å². The zero-order valence-electron chi connectivity index (χ0n) is 10.6. The Morgan fingerprint density at radius 2 is 2.00 bits per heavy atom. The molecule has 0 aliphatic heterocycles. The Hall–Kier alpha value is -1.00. The van der Waals surface area contributed by atoms with Crippen molar-refractivity contribution in [3.05, 3.63) is 22.4 Å². The monoisotopic (exact) mass is 290 g/mol. The lowest BCUT2D eigenvalue weighted by molar-refractivity contribution is -0.137. The number of aromatic nitrogens is 1. The fourth-order valence-electron chi connectivity index (χ4n) is 1.52. The molecular formula is C12H16Cl2N2O2. The molecule has 1 rings (SSSR count). The molecule has 6 heteroatoms. The third kappa shape index (κ3) is 3.75. The molecule has 0 bridgehead atoms. The predicted molar refractivity (Wildman–Crippen MR) is 72.3 cm³/mol. The SMILES string of the molecule is CCN(CC)C(=O)C(C)Oc1ccc(Cl)nc1Cl. The molecule has 1 atom stereocenters. The maximum Gasteiger partial charge on any atom is 0.263 e. The molecule has 0 N–H and O–H groups in total. The molecule has 1 amide bonds. The van der Waals surface area contributed by atoms with E-state index in [1.54, 1.807) is 24.0 Å². The van der Waals surface area contributed by atoms with Gasteiger partial charge in [-0.2, -0.15) is 0 Å². The molecule has 4 nitrogen and oxygen atoms in total. The average Bonchev–Trinajstić information content (AvgIpc) is 2.34. The van der Waals surface area contributed by atoms with Crippen LogP contribution in [0.3, 0.4) is 0 Å². The summed E-state index contributed by atoms with van der Waals surface area (Å²) in [6.45, 7) is 6.83. The number of halogens is 2. The van der Waals surface area contributed by atoms with Gasteiger partial charge in [0, 0.05) is 13.1 Å². The zero-order valence-corrected chi connectivity index (χ0v) is 12.1. The number of nitrogens with zero attached hydrogens (tertiary/aromatic N) is 2. The van der Waals surface area contributed by atoms with E-state index < -0.39 is 6.10 Å². The first-order valence-corrected chi connectivity index (χ1v) is 6.52. The molecule has 0 radical (unpaired) electrons. The van der Waals surface area contributed by atoms with Gasteiger partial charge >= 0.3 is 0 Å². The van der Waals surface area contributed by atoms with Gasteiger partial charge in [-0.3, -0.25) is 4.79 Å². The van der Waals surface area contributed by atoms with E-state index in [4.69, 9.17) is 27.9 Å². The highest BCUT2D eigenvalue weighted by Crippen LogP contribution is 2.25. The first-order valence-electron chi connectivity index (χ1n) is 5.77.